The van der Waals surface area contributed by atoms with Crippen molar-refractivity contribution in [3.63, 3.8) is 0 Å². The second-order valence-electron chi connectivity index (χ2n) is 3.35. The van der Waals surface area contributed by atoms with Crippen molar-refractivity contribution in [1.29, 1.82) is 0 Å². The Morgan fingerprint density at radius 1 is 1.20 bits per heavy atom. The van der Waals surface area contributed by atoms with Crippen molar-refractivity contribution in [3.05, 3.63) is 24.3 Å². The average molecular weight is 229 g/mol. The van der Waals surface area contributed by atoms with Crippen molar-refractivity contribution in [2.24, 2.45) is 0 Å². The molecule has 0 saturated heterocycles. The van der Waals surface area contributed by atoms with Crippen molar-refractivity contribution in [2.75, 3.05) is 7.05 Å². The Balaban J connectivity index is 2.91. The molecule has 0 heterocycles. The van der Waals surface area contributed by atoms with Gasteiger partial charge in [-0.1, -0.05) is 0 Å². The molecular formula is C10H15NO3S. The summed E-state index contributed by atoms with van der Waals surface area (Å²) in [5.74, 6) is 0.667. The maximum atomic E-state index is 11.4. The molecule has 0 aromatic heterocycles. The van der Waals surface area contributed by atoms with Crippen molar-refractivity contribution in [1.82, 2.24) is 4.72 Å². The summed E-state index contributed by atoms with van der Waals surface area (Å²) >= 11 is 0. The van der Waals surface area contributed by atoms with Gasteiger partial charge in [0.15, 0.2) is 0 Å². The summed E-state index contributed by atoms with van der Waals surface area (Å²) in [6, 6.07) is 6.32. The first-order valence-corrected chi connectivity index (χ1v) is 6.14. The average Bonchev–Trinajstić information content (AvgIpc) is 2.18. The van der Waals surface area contributed by atoms with Crippen LogP contribution in [0.25, 0.3) is 0 Å². The van der Waals surface area contributed by atoms with E-state index in [-0.39, 0.29) is 11.0 Å². The van der Waals surface area contributed by atoms with Crippen LogP contribution in [0.4, 0.5) is 0 Å². The quantitative estimate of drug-likeness (QED) is 0.848. The first-order chi connectivity index (χ1) is 6.95. The zero-order chi connectivity index (χ0) is 11.5. The second kappa shape index (κ2) is 4.63. The van der Waals surface area contributed by atoms with E-state index >= 15 is 0 Å². The highest BCUT2D eigenvalue weighted by molar-refractivity contribution is 7.89. The van der Waals surface area contributed by atoms with E-state index in [1.54, 1.807) is 12.1 Å². The van der Waals surface area contributed by atoms with Gasteiger partial charge in [-0.15, -0.1) is 0 Å². The van der Waals surface area contributed by atoms with E-state index in [4.69, 9.17) is 4.74 Å². The molecule has 0 aliphatic rings. The highest BCUT2D eigenvalue weighted by Gasteiger charge is 2.10. The van der Waals surface area contributed by atoms with Crippen molar-refractivity contribution >= 4 is 10.0 Å². The highest BCUT2D eigenvalue weighted by Crippen LogP contribution is 2.16. The van der Waals surface area contributed by atoms with E-state index in [9.17, 15) is 8.42 Å². The third kappa shape index (κ3) is 3.21. The number of nitrogens with one attached hydrogen (secondary N) is 1. The van der Waals surface area contributed by atoms with Gasteiger partial charge in [-0.05, 0) is 45.2 Å². The van der Waals surface area contributed by atoms with Gasteiger partial charge in [-0.25, -0.2) is 13.1 Å². The fourth-order valence-corrected chi connectivity index (χ4v) is 1.82. The molecule has 15 heavy (non-hydrogen) atoms. The molecule has 0 fully saturated rings. The lowest BCUT2D eigenvalue weighted by molar-refractivity contribution is 0.242. The fraction of sp³-hybridized carbons (Fsp3) is 0.400. The summed E-state index contributed by atoms with van der Waals surface area (Å²) < 4.78 is 30.4. The van der Waals surface area contributed by atoms with Crippen LogP contribution in [-0.2, 0) is 10.0 Å². The summed E-state index contributed by atoms with van der Waals surface area (Å²) in [5, 5.41) is 0. The summed E-state index contributed by atoms with van der Waals surface area (Å²) in [5.41, 5.74) is 0. The molecule has 0 amide bonds. The third-order valence-electron chi connectivity index (χ3n) is 1.77. The number of hydrogen-bond donors (Lipinski definition) is 1. The first-order valence-electron chi connectivity index (χ1n) is 4.66. The Kier molecular flexibility index (Phi) is 3.71. The summed E-state index contributed by atoms with van der Waals surface area (Å²) in [6.45, 7) is 3.83. The van der Waals surface area contributed by atoms with Gasteiger partial charge < -0.3 is 4.74 Å². The van der Waals surface area contributed by atoms with Crippen molar-refractivity contribution in [2.45, 2.75) is 24.8 Å². The standard InChI is InChI=1S/C10H15NO3S/c1-8(2)14-9-4-6-10(7-5-9)15(12,13)11-3/h4-8,11H,1-3H3. The number of rotatable bonds is 4. The predicted molar refractivity (Wildman–Crippen MR) is 58.5 cm³/mol. The van der Waals surface area contributed by atoms with Crippen molar-refractivity contribution in [3.8, 4) is 5.75 Å². The molecule has 0 aliphatic heterocycles. The van der Waals surface area contributed by atoms with Gasteiger partial charge in [0.05, 0.1) is 11.0 Å². The first kappa shape index (κ1) is 12.0. The fourth-order valence-electron chi connectivity index (χ4n) is 1.09. The van der Waals surface area contributed by atoms with Crippen LogP contribution in [0.3, 0.4) is 0 Å². The van der Waals surface area contributed by atoms with Crippen LogP contribution >= 0.6 is 0 Å². The van der Waals surface area contributed by atoms with Crippen LogP contribution < -0.4 is 9.46 Å². The minimum atomic E-state index is -3.35. The zero-order valence-electron chi connectivity index (χ0n) is 9.02. The Labute approximate surface area is 90.3 Å². The van der Waals surface area contributed by atoms with Gasteiger partial charge in [-0.2, -0.15) is 0 Å². The molecule has 4 nitrogen and oxygen atoms in total. The maximum Gasteiger partial charge on any atom is 0.240 e. The van der Waals surface area contributed by atoms with Gasteiger partial charge in [0.2, 0.25) is 10.0 Å². The van der Waals surface area contributed by atoms with E-state index < -0.39 is 10.0 Å². The molecule has 0 saturated carbocycles. The van der Waals surface area contributed by atoms with Crippen LogP contribution in [0.5, 0.6) is 5.75 Å². The molecule has 0 unspecified atom stereocenters. The molecule has 0 aliphatic carbocycles. The Bertz CT molecular complexity index is 409. The predicted octanol–water partition coefficient (Wildman–Crippen LogP) is 1.38. The van der Waals surface area contributed by atoms with Gasteiger partial charge in [0.25, 0.3) is 0 Å². The van der Waals surface area contributed by atoms with Crippen molar-refractivity contribution < 1.29 is 13.2 Å². The number of sulfonamides is 1. The SMILES string of the molecule is CNS(=O)(=O)c1ccc(OC(C)C)cc1. The van der Waals surface area contributed by atoms with Crippen LogP contribution in [0, 0.1) is 0 Å². The van der Waals surface area contributed by atoms with E-state index in [0.29, 0.717) is 5.75 Å². The highest BCUT2D eigenvalue weighted by atomic mass is 32.2. The molecule has 84 valence electrons. The molecule has 0 spiro atoms. The third-order valence-corrected chi connectivity index (χ3v) is 3.20. The number of hydrogen-bond acceptors (Lipinski definition) is 3. The summed E-state index contributed by atoms with van der Waals surface area (Å²) in [4.78, 5) is 0.237. The number of ether oxygens (including phenoxy) is 1. The van der Waals surface area contributed by atoms with Gasteiger partial charge in [-0.3, -0.25) is 0 Å². The lowest BCUT2D eigenvalue weighted by Crippen LogP contribution is -2.18. The molecule has 1 N–H and O–H groups in total. The van der Waals surface area contributed by atoms with Crippen LogP contribution in [0.2, 0.25) is 0 Å². The van der Waals surface area contributed by atoms with Crippen LogP contribution in [-0.4, -0.2) is 21.6 Å². The minimum absolute atomic E-state index is 0.0803. The second-order valence-corrected chi connectivity index (χ2v) is 5.23. The van der Waals surface area contributed by atoms with Gasteiger partial charge >= 0.3 is 0 Å². The molecule has 0 radical (unpaired) electrons. The van der Waals surface area contributed by atoms with E-state index in [1.807, 2.05) is 13.8 Å². The Hall–Kier alpha value is -1.07. The lowest BCUT2D eigenvalue weighted by Gasteiger charge is -2.09. The maximum absolute atomic E-state index is 11.4. The summed E-state index contributed by atoms with van der Waals surface area (Å²) in [6.07, 6.45) is 0.0803. The molecule has 1 rings (SSSR count). The molecule has 1 aromatic rings. The Morgan fingerprint density at radius 2 is 1.73 bits per heavy atom. The molecular weight excluding hydrogens is 214 g/mol. The van der Waals surface area contributed by atoms with E-state index in [0.717, 1.165) is 0 Å². The lowest BCUT2D eigenvalue weighted by atomic mass is 10.3. The molecule has 1 aromatic carbocycles. The smallest absolute Gasteiger partial charge is 0.240 e. The molecule has 0 bridgehead atoms. The summed E-state index contributed by atoms with van der Waals surface area (Å²) in [7, 11) is -1.97. The normalized spacial score (nSPS) is 11.7. The van der Waals surface area contributed by atoms with Crippen LogP contribution in [0.1, 0.15) is 13.8 Å². The zero-order valence-corrected chi connectivity index (χ0v) is 9.84. The minimum Gasteiger partial charge on any atom is -0.491 e. The topological polar surface area (TPSA) is 55.4 Å². The molecule has 5 heteroatoms. The monoisotopic (exact) mass is 229 g/mol. The molecule has 0 atom stereocenters. The van der Waals surface area contributed by atoms with Gasteiger partial charge in [0, 0.05) is 0 Å². The largest absolute Gasteiger partial charge is 0.491 e. The van der Waals surface area contributed by atoms with E-state index in [2.05, 4.69) is 4.72 Å². The Morgan fingerprint density at radius 3 is 2.13 bits per heavy atom. The number of benzene rings is 1. The van der Waals surface area contributed by atoms with E-state index in [1.165, 1.54) is 19.2 Å². The van der Waals surface area contributed by atoms with Crippen LogP contribution in [0.15, 0.2) is 29.2 Å². The van der Waals surface area contributed by atoms with Gasteiger partial charge in [0.1, 0.15) is 5.75 Å².